The number of ether oxygens (including phenoxy) is 2. The standard InChI is InChI=1S/C23H31N3O3/c1-15(2)22-21(20-10-16(3)11-24-23(20)25-22)13-26(4)12-17(27)14-29-19-8-6-18(28-5)7-9-19/h6-11,15,17,27H,12-14H2,1-5H3,(H,24,25)/t17-/m1/s1. The predicted molar refractivity (Wildman–Crippen MR) is 116 cm³/mol. The van der Waals surface area contributed by atoms with Gasteiger partial charge in [-0.25, -0.2) is 4.98 Å². The fourth-order valence-corrected chi connectivity index (χ4v) is 3.52. The lowest BCUT2D eigenvalue weighted by molar-refractivity contribution is 0.0744. The number of hydrogen-bond donors (Lipinski definition) is 2. The Balaban J connectivity index is 1.63. The van der Waals surface area contributed by atoms with Crippen LogP contribution >= 0.6 is 0 Å². The van der Waals surface area contributed by atoms with Crippen molar-refractivity contribution in [3.63, 3.8) is 0 Å². The van der Waals surface area contributed by atoms with Gasteiger partial charge >= 0.3 is 0 Å². The van der Waals surface area contributed by atoms with E-state index in [9.17, 15) is 5.11 Å². The molecule has 0 fully saturated rings. The molecule has 0 spiro atoms. The second-order valence-corrected chi connectivity index (χ2v) is 7.92. The summed E-state index contributed by atoms with van der Waals surface area (Å²) in [5, 5.41) is 11.6. The molecule has 156 valence electrons. The third-order valence-corrected chi connectivity index (χ3v) is 4.96. The third kappa shape index (κ3) is 5.28. The van der Waals surface area contributed by atoms with Gasteiger partial charge in [-0.3, -0.25) is 4.90 Å². The van der Waals surface area contributed by atoms with Gasteiger partial charge in [-0.1, -0.05) is 13.8 Å². The molecule has 0 bridgehead atoms. The first-order valence-corrected chi connectivity index (χ1v) is 9.98. The zero-order chi connectivity index (χ0) is 21.0. The Bertz CT molecular complexity index is 934. The molecule has 0 aliphatic heterocycles. The monoisotopic (exact) mass is 397 g/mol. The number of hydrogen-bond acceptors (Lipinski definition) is 5. The fourth-order valence-electron chi connectivity index (χ4n) is 3.52. The summed E-state index contributed by atoms with van der Waals surface area (Å²) in [6, 6.07) is 9.54. The van der Waals surface area contributed by atoms with Crippen LogP contribution in [0, 0.1) is 6.92 Å². The highest BCUT2D eigenvalue weighted by atomic mass is 16.5. The summed E-state index contributed by atoms with van der Waals surface area (Å²) in [6.45, 7) is 7.90. The molecule has 29 heavy (non-hydrogen) atoms. The molecule has 0 saturated heterocycles. The van der Waals surface area contributed by atoms with E-state index in [0.717, 1.165) is 28.9 Å². The minimum absolute atomic E-state index is 0.238. The van der Waals surface area contributed by atoms with E-state index in [2.05, 4.69) is 41.7 Å². The van der Waals surface area contributed by atoms with E-state index in [-0.39, 0.29) is 6.61 Å². The Kier molecular flexibility index (Phi) is 6.77. The average molecular weight is 398 g/mol. The van der Waals surface area contributed by atoms with Crippen LogP contribution in [0.1, 0.15) is 36.6 Å². The van der Waals surface area contributed by atoms with Crippen molar-refractivity contribution in [2.75, 3.05) is 27.3 Å². The zero-order valence-electron chi connectivity index (χ0n) is 17.9. The third-order valence-electron chi connectivity index (χ3n) is 4.96. The van der Waals surface area contributed by atoms with Crippen LogP contribution in [0.2, 0.25) is 0 Å². The molecule has 0 amide bonds. The molecule has 2 N–H and O–H groups in total. The largest absolute Gasteiger partial charge is 0.497 e. The normalized spacial score (nSPS) is 12.7. The molecule has 0 radical (unpaired) electrons. The van der Waals surface area contributed by atoms with E-state index in [0.29, 0.717) is 18.2 Å². The second-order valence-electron chi connectivity index (χ2n) is 7.92. The van der Waals surface area contributed by atoms with Crippen molar-refractivity contribution in [3.05, 3.63) is 53.3 Å². The molecular formula is C23H31N3O3. The summed E-state index contributed by atoms with van der Waals surface area (Å²) in [6.07, 6.45) is 1.30. The van der Waals surface area contributed by atoms with E-state index in [1.165, 1.54) is 11.3 Å². The van der Waals surface area contributed by atoms with Crippen LogP contribution in [0.4, 0.5) is 0 Å². The van der Waals surface area contributed by atoms with Crippen molar-refractivity contribution in [2.45, 2.75) is 39.3 Å². The Hall–Kier alpha value is -2.57. The SMILES string of the molecule is COc1ccc(OC[C@H](O)CN(C)Cc2c(C(C)C)[nH]c3ncc(C)cc23)cc1. The molecule has 0 saturated carbocycles. The van der Waals surface area contributed by atoms with E-state index >= 15 is 0 Å². The Morgan fingerprint density at radius 3 is 2.52 bits per heavy atom. The van der Waals surface area contributed by atoms with E-state index in [1.807, 2.05) is 37.5 Å². The van der Waals surface area contributed by atoms with Gasteiger partial charge in [-0.05, 0) is 61.3 Å². The van der Waals surface area contributed by atoms with Crippen LogP contribution in [-0.2, 0) is 6.54 Å². The summed E-state index contributed by atoms with van der Waals surface area (Å²) in [4.78, 5) is 10.1. The van der Waals surface area contributed by atoms with Crippen molar-refractivity contribution >= 4 is 11.0 Å². The highest BCUT2D eigenvalue weighted by Gasteiger charge is 2.18. The van der Waals surface area contributed by atoms with Crippen LogP contribution in [0.3, 0.4) is 0 Å². The average Bonchev–Trinajstić information content (AvgIpc) is 3.04. The lowest BCUT2D eigenvalue weighted by Gasteiger charge is -2.22. The number of nitrogens with zero attached hydrogens (tertiary/aromatic N) is 2. The molecule has 3 rings (SSSR count). The Morgan fingerprint density at radius 1 is 1.17 bits per heavy atom. The predicted octanol–water partition coefficient (Wildman–Crippen LogP) is 3.88. The molecule has 3 aromatic rings. The molecule has 2 aromatic heterocycles. The summed E-state index contributed by atoms with van der Waals surface area (Å²) in [7, 11) is 3.65. The number of aryl methyl sites for hydroxylation is 1. The van der Waals surface area contributed by atoms with Gasteiger partial charge in [0, 0.05) is 30.4 Å². The van der Waals surface area contributed by atoms with E-state index in [4.69, 9.17) is 9.47 Å². The number of H-pyrrole nitrogens is 1. The maximum absolute atomic E-state index is 10.4. The number of rotatable bonds is 9. The second kappa shape index (κ2) is 9.29. The molecule has 2 heterocycles. The molecule has 0 unspecified atom stereocenters. The number of fused-ring (bicyclic) bond motifs is 1. The number of benzene rings is 1. The summed E-state index contributed by atoms with van der Waals surface area (Å²) < 4.78 is 10.8. The van der Waals surface area contributed by atoms with Gasteiger partial charge in [0.2, 0.25) is 0 Å². The molecular weight excluding hydrogens is 366 g/mol. The molecule has 0 aliphatic carbocycles. The topological polar surface area (TPSA) is 70.6 Å². The van der Waals surface area contributed by atoms with Gasteiger partial charge in [0.25, 0.3) is 0 Å². The van der Waals surface area contributed by atoms with Crippen LogP contribution in [0.25, 0.3) is 11.0 Å². The first-order valence-electron chi connectivity index (χ1n) is 9.98. The number of likely N-dealkylation sites (N-methyl/N-ethyl adjacent to an activating group) is 1. The molecule has 6 heteroatoms. The van der Waals surface area contributed by atoms with Crippen LogP contribution < -0.4 is 9.47 Å². The van der Waals surface area contributed by atoms with Gasteiger partial charge in [0.05, 0.1) is 7.11 Å². The van der Waals surface area contributed by atoms with Crippen LogP contribution in [0.5, 0.6) is 11.5 Å². The van der Waals surface area contributed by atoms with Gasteiger partial charge in [-0.2, -0.15) is 0 Å². The number of nitrogens with one attached hydrogen (secondary N) is 1. The number of pyridine rings is 1. The highest BCUT2D eigenvalue weighted by molar-refractivity contribution is 5.82. The molecule has 6 nitrogen and oxygen atoms in total. The Morgan fingerprint density at radius 2 is 1.86 bits per heavy atom. The summed E-state index contributed by atoms with van der Waals surface area (Å²) in [5.41, 5.74) is 4.51. The lowest BCUT2D eigenvalue weighted by atomic mass is 10.0. The van der Waals surface area contributed by atoms with E-state index < -0.39 is 6.10 Å². The minimum Gasteiger partial charge on any atom is -0.497 e. The van der Waals surface area contributed by atoms with Crippen molar-refractivity contribution in [3.8, 4) is 11.5 Å². The van der Waals surface area contributed by atoms with E-state index in [1.54, 1.807) is 7.11 Å². The molecule has 1 aromatic carbocycles. The van der Waals surface area contributed by atoms with Gasteiger partial charge in [-0.15, -0.1) is 0 Å². The van der Waals surface area contributed by atoms with Crippen molar-refractivity contribution in [2.24, 2.45) is 0 Å². The first-order chi connectivity index (χ1) is 13.9. The summed E-state index contributed by atoms with van der Waals surface area (Å²) >= 11 is 0. The minimum atomic E-state index is -0.588. The molecule has 0 aliphatic rings. The maximum atomic E-state index is 10.4. The Labute approximate surface area is 172 Å². The zero-order valence-corrected chi connectivity index (χ0v) is 17.9. The number of aromatic nitrogens is 2. The number of aliphatic hydroxyl groups excluding tert-OH is 1. The number of aliphatic hydroxyl groups is 1. The van der Waals surface area contributed by atoms with Crippen LogP contribution in [-0.4, -0.2) is 53.4 Å². The van der Waals surface area contributed by atoms with Gasteiger partial charge in [0.15, 0.2) is 0 Å². The number of methoxy groups -OCH3 is 1. The van der Waals surface area contributed by atoms with Crippen molar-refractivity contribution in [1.82, 2.24) is 14.9 Å². The van der Waals surface area contributed by atoms with Crippen molar-refractivity contribution in [1.29, 1.82) is 0 Å². The van der Waals surface area contributed by atoms with Gasteiger partial charge < -0.3 is 19.6 Å². The lowest BCUT2D eigenvalue weighted by Crippen LogP contribution is -2.33. The summed E-state index contributed by atoms with van der Waals surface area (Å²) in [5.74, 6) is 1.87. The number of aromatic amines is 1. The fraction of sp³-hybridized carbons (Fsp3) is 0.435. The quantitative estimate of drug-likeness (QED) is 0.573. The first kappa shape index (κ1) is 21.1. The highest BCUT2D eigenvalue weighted by Crippen LogP contribution is 2.28. The van der Waals surface area contributed by atoms with Gasteiger partial charge in [0.1, 0.15) is 29.9 Å². The van der Waals surface area contributed by atoms with Crippen LogP contribution in [0.15, 0.2) is 36.5 Å². The smallest absolute Gasteiger partial charge is 0.137 e. The maximum Gasteiger partial charge on any atom is 0.137 e. The van der Waals surface area contributed by atoms with Crippen molar-refractivity contribution < 1.29 is 14.6 Å². The molecule has 1 atom stereocenters.